The molecular weight excluding hydrogens is 280 g/mol. The Bertz CT molecular complexity index is 327. The fourth-order valence-corrected chi connectivity index (χ4v) is 3.05. The topological polar surface area (TPSA) is 52.6 Å². The highest BCUT2D eigenvalue weighted by Gasteiger charge is 2.32. The minimum atomic E-state index is -0.157. The van der Waals surface area contributed by atoms with Crippen LogP contribution in [0.3, 0.4) is 0 Å². The highest BCUT2D eigenvalue weighted by Crippen LogP contribution is 2.30. The summed E-state index contributed by atoms with van der Waals surface area (Å²) in [6.07, 6.45) is 10.3. The summed E-state index contributed by atoms with van der Waals surface area (Å²) >= 11 is 0. The zero-order chi connectivity index (χ0) is 16.2. The molecule has 0 radical (unpaired) electrons. The van der Waals surface area contributed by atoms with Crippen LogP contribution >= 0.6 is 0 Å². The number of hydrogen-bond donors (Lipinski definition) is 0. The van der Waals surface area contributed by atoms with Gasteiger partial charge in [-0.1, -0.05) is 45.4 Å². The zero-order valence-electron chi connectivity index (χ0n) is 14.3. The van der Waals surface area contributed by atoms with Crippen molar-refractivity contribution in [3.8, 4) is 0 Å². The van der Waals surface area contributed by atoms with Crippen molar-refractivity contribution < 1.29 is 19.1 Å². The van der Waals surface area contributed by atoms with Gasteiger partial charge in [0.2, 0.25) is 0 Å². The van der Waals surface area contributed by atoms with Crippen molar-refractivity contribution in [3.05, 3.63) is 0 Å². The summed E-state index contributed by atoms with van der Waals surface area (Å²) in [5.41, 5.74) is 0. The van der Waals surface area contributed by atoms with Crippen LogP contribution < -0.4 is 0 Å². The van der Waals surface area contributed by atoms with Crippen molar-refractivity contribution in [2.24, 2.45) is 11.8 Å². The predicted octanol–water partition coefficient (Wildman–Crippen LogP) is 4.26. The van der Waals surface area contributed by atoms with Crippen molar-refractivity contribution in [1.29, 1.82) is 0 Å². The Morgan fingerprint density at radius 2 is 1.45 bits per heavy atom. The molecule has 4 heteroatoms. The van der Waals surface area contributed by atoms with Crippen molar-refractivity contribution in [2.45, 2.75) is 78.1 Å². The van der Waals surface area contributed by atoms with Gasteiger partial charge in [-0.25, -0.2) is 0 Å². The molecule has 22 heavy (non-hydrogen) atoms. The molecule has 0 aromatic carbocycles. The van der Waals surface area contributed by atoms with Crippen LogP contribution in [0.1, 0.15) is 78.1 Å². The molecule has 1 aliphatic carbocycles. The molecular formula is C18H32O4. The van der Waals surface area contributed by atoms with E-state index in [1.54, 1.807) is 0 Å². The van der Waals surface area contributed by atoms with Crippen molar-refractivity contribution in [1.82, 2.24) is 0 Å². The first kappa shape index (κ1) is 19.0. The highest BCUT2D eigenvalue weighted by atomic mass is 16.5. The second kappa shape index (κ2) is 11.5. The summed E-state index contributed by atoms with van der Waals surface area (Å²) < 4.78 is 10.4. The number of carbonyl (C=O) groups is 2. The van der Waals surface area contributed by atoms with E-state index in [-0.39, 0.29) is 23.8 Å². The molecule has 1 fully saturated rings. The van der Waals surface area contributed by atoms with Crippen molar-refractivity contribution >= 4 is 11.9 Å². The summed E-state index contributed by atoms with van der Waals surface area (Å²) in [6, 6.07) is 0. The van der Waals surface area contributed by atoms with E-state index >= 15 is 0 Å². The zero-order valence-corrected chi connectivity index (χ0v) is 14.3. The maximum atomic E-state index is 12.1. The lowest BCUT2D eigenvalue weighted by Crippen LogP contribution is -2.29. The van der Waals surface area contributed by atoms with Gasteiger partial charge in [-0.05, 0) is 32.6 Å². The van der Waals surface area contributed by atoms with Crippen molar-refractivity contribution in [2.75, 3.05) is 13.2 Å². The van der Waals surface area contributed by atoms with Gasteiger partial charge in [0, 0.05) is 0 Å². The maximum Gasteiger partial charge on any atom is 0.308 e. The molecule has 128 valence electrons. The third-order valence-corrected chi connectivity index (χ3v) is 4.37. The Balaban J connectivity index is 2.17. The van der Waals surface area contributed by atoms with Crippen LogP contribution in [-0.4, -0.2) is 25.2 Å². The number of rotatable bonds is 10. The first-order valence-electron chi connectivity index (χ1n) is 9.02. The van der Waals surface area contributed by atoms with Crippen LogP contribution in [-0.2, 0) is 19.1 Å². The summed E-state index contributed by atoms with van der Waals surface area (Å²) in [4.78, 5) is 23.9. The van der Waals surface area contributed by atoms with E-state index in [1.165, 1.54) is 25.7 Å². The average Bonchev–Trinajstić information content (AvgIpc) is 2.54. The number of unbranched alkanes of at least 4 members (excludes halogenated alkanes) is 5. The van der Waals surface area contributed by atoms with Crippen LogP contribution in [0.2, 0.25) is 0 Å². The molecule has 2 unspecified atom stereocenters. The average molecular weight is 312 g/mol. The molecule has 0 saturated heterocycles. The molecule has 2 atom stereocenters. The summed E-state index contributed by atoms with van der Waals surface area (Å²) in [7, 11) is 0. The molecule has 1 rings (SSSR count). The standard InChI is InChI=1S/C18H32O4/c1-3-5-6-7-8-9-13-22-18(20)16-12-10-11-15(14-16)17(19)21-4-2/h15-16H,3-14H2,1-2H3. The van der Waals surface area contributed by atoms with Crippen LogP contribution in [0.25, 0.3) is 0 Å². The van der Waals surface area contributed by atoms with Crippen molar-refractivity contribution in [3.63, 3.8) is 0 Å². The second-order valence-corrected chi connectivity index (χ2v) is 6.25. The lowest BCUT2D eigenvalue weighted by Gasteiger charge is -2.26. The second-order valence-electron chi connectivity index (χ2n) is 6.25. The van der Waals surface area contributed by atoms with Gasteiger partial charge >= 0.3 is 11.9 Å². The molecule has 0 amide bonds. The monoisotopic (exact) mass is 312 g/mol. The first-order chi connectivity index (χ1) is 10.7. The van der Waals surface area contributed by atoms with Crippen LogP contribution in [0.5, 0.6) is 0 Å². The smallest absolute Gasteiger partial charge is 0.308 e. The number of esters is 2. The Hall–Kier alpha value is -1.06. The lowest BCUT2D eigenvalue weighted by atomic mass is 9.81. The fraction of sp³-hybridized carbons (Fsp3) is 0.889. The van der Waals surface area contributed by atoms with E-state index in [4.69, 9.17) is 9.47 Å². The third-order valence-electron chi connectivity index (χ3n) is 4.37. The number of ether oxygens (including phenoxy) is 2. The van der Waals surface area contributed by atoms with E-state index in [9.17, 15) is 9.59 Å². The maximum absolute atomic E-state index is 12.1. The van der Waals surface area contributed by atoms with Crippen LogP contribution in [0.4, 0.5) is 0 Å². The van der Waals surface area contributed by atoms with E-state index in [2.05, 4.69) is 6.92 Å². The van der Waals surface area contributed by atoms with Gasteiger partial charge in [-0.15, -0.1) is 0 Å². The largest absolute Gasteiger partial charge is 0.466 e. The Morgan fingerprint density at radius 1 is 0.864 bits per heavy atom. The fourth-order valence-electron chi connectivity index (χ4n) is 3.05. The minimum absolute atomic E-state index is 0.122. The molecule has 0 spiro atoms. The number of carbonyl (C=O) groups excluding carboxylic acids is 2. The van der Waals surface area contributed by atoms with Gasteiger partial charge < -0.3 is 9.47 Å². The minimum Gasteiger partial charge on any atom is -0.466 e. The molecule has 1 aliphatic rings. The number of hydrogen-bond acceptors (Lipinski definition) is 4. The Labute approximate surface area is 134 Å². The third kappa shape index (κ3) is 7.28. The van der Waals surface area contributed by atoms with Gasteiger partial charge in [0.05, 0.1) is 25.0 Å². The molecule has 1 saturated carbocycles. The molecule has 0 aliphatic heterocycles. The van der Waals surface area contributed by atoms with E-state index in [0.29, 0.717) is 19.6 Å². The SMILES string of the molecule is CCCCCCCCOC(=O)C1CCCC(C(=O)OCC)C1. The van der Waals surface area contributed by atoms with Gasteiger partial charge in [0.1, 0.15) is 0 Å². The van der Waals surface area contributed by atoms with E-state index in [1.807, 2.05) is 6.92 Å². The van der Waals surface area contributed by atoms with Gasteiger partial charge in [-0.2, -0.15) is 0 Å². The summed E-state index contributed by atoms with van der Waals surface area (Å²) in [5.74, 6) is -0.526. The quantitative estimate of drug-likeness (QED) is 0.447. The van der Waals surface area contributed by atoms with Gasteiger partial charge in [-0.3, -0.25) is 9.59 Å². The predicted molar refractivity (Wildman–Crippen MR) is 86.4 cm³/mol. The summed E-state index contributed by atoms with van der Waals surface area (Å²) in [5, 5.41) is 0. The molecule has 0 N–H and O–H groups in total. The molecule has 0 aromatic rings. The Morgan fingerprint density at radius 3 is 2.09 bits per heavy atom. The molecule has 0 bridgehead atoms. The first-order valence-corrected chi connectivity index (χ1v) is 9.02. The normalized spacial score (nSPS) is 21.4. The summed E-state index contributed by atoms with van der Waals surface area (Å²) in [6.45, 7) is 4.94. The van der Waals surface area contributed by atoms with E-state index in [0.717, 1.165) is 32.1 Å². The van der Waals surface area contributed by atoms with Crippen LogP contribution in [0.15, 0.2) is 0 Å². The van der Waals surface area contributed by atoms with Gasteiger partial charge in [0.25, 0.3) is 0 Å². The van der Waals surface area contributed by atoms with Crippen LogP contribution in [0, 0.1) is 11.8 Å². The Kier molecular flexibility index (Phi) is 9.93. The molecule has 4 nitrogen and oxygen atoms in total. The van der Waals surface area contributed by atoms with E-state index < -0.39 is 0 Å². The molecule has 0 aromatic heterocycles. The lowest BCUT2D eigenvalue weighted by molar-refractivity contribution is -0.154. The molecule has 0 heterocycles. The highest BCUT2D eigenvalue weighted by molar-refractivity contribution is 5.76. The van der Waals surface area contributed by atoms with Gasteiger partial charge in [0.15, 0.2) is 0 Å².